The first-order chi connectivity index (χ1) is 11.3. The van der Waals surface area contributed by atoms with Crippen molar-refractivity contribution in [3.05, 3.63) is 65.2 Å². The van der Waals surface area contributed by atoms with Crippen molar-refractivity contribution in [2.75, 3.05) is 6.54 Å². The Balaban J connectivity index is 2.00. The molecule has 0 saturated carbocycles. The van der Waals surface area contributed by atoms with Crippen LogP contribution in [0.15, 0.2) is 53.4 Å². The number of benzene rings is 2. The molecule has 0 aliphatic heterocycles. The molecule has 1 N–H and O–H groups in total. The van der Waals surface area contributed by atoms with Crippen LogP contribution < -0.4 is 4.72 Å². The molecule has 0 aromatic heterocycles. The summed E-state index contributed by atoms with van der Waals surface area (Å²) in [7, 11) is -3.61. The van der Waals surface area contributed by atoms with Crippen LogP contribution in [0.5, 0.6) is 0 Å². The van der Waals surface area contributed by atoms with Crippen molar-refractivity contribution in [1.82, 2.24) is 4.72 Å². The first-order valence-corrected chi connectivity index (χ1v) is 9.47. The predicted octanol–water partition coefficient (Wildman–Crippen LogP) is 3.53. The van der Waals surface area contributed by atoms with Crippen molar-refractivity contribution < 1.29 is 13.2 Å². The maximum atomic E-state index is 12.3. The summed E-state index contributed by atoms with van der Waals surface area (Å²) in [4.78, 5) is 11.5. The Kier molecular flexibility index (Phi) is 5.91. The fraction of sp³-hybridized carbons (Fsp3) is 0.316. The van der Waals surface area contributed by atoms with Crippen molar-refractivity contribution in [2.24, 2.45) is 0 Å². The first-order valence-electron chi connectivity index (χ1n) is 7.99. The van der Waals surface area contributed by atoms with Gasteiger partial charge in [0.1, 0.15) is 0 Å². The zero-order valence-electron chi connectivity index (χ0n) is 14.2. The van der Waals surface area contributed by atoms with Gasteiger partial charge in [0.15, 0.2) is 5.78 Å². The van der Waals surface area contributed by atoms with Crippen LogP contribution in [0.1, 0.15) is 48.2 Å². The van der Waals surface area contributed by atoms with E-state index in [9.17, 15) is 13.2 Å². The van der Waals surface area contributed by atoms with Crippen molar-refractivity contribution in [3.63, 3.8) is 0 Å². The van der Waals surface area contributed by atoms with Gasteiger partial charge in [0.2, 0.25) is 10.0 Å². The number of hydrogen-bond acceptors (Lipinski definition) is 3. The second-order valence-corrected chi connectivity index (χ2v) is 7.90. The van der Waals surface area contributed by atoms with Crippen LogP contribution >= 0.6 is 0 Å². The van der Waals surface area contributed by atoms with Crippen molar-refractivity contribution in [1.29, 1.82) is 0 Å². The van der Waals surface area contributed by atoms with E-state index in [0.717, 1.165) is 5.56 Å². The molecular formula is C19H23NO3S. The molecule has 0 heterocycles. The number of rotatable bonds is 7. The zero-order valence-corrected chi connectivity index (χ0v) is 15.1. The van der Waals surface area contributed by atoms with E-state index < -0.39 is 10.0 Å². The van der Waals surface area contributed by atoms with Gasteiger partial charge in [0, 0.05) is 12.1 Å². The molecule has 2 aromatic rings. The Morgan fingerprint density at radius 3 is 2.33 bits per heavy atom. The highest BCUT2D eigenvalue weighted by atomic mass is 32.2. The summed E-state index contributed by atoms with van der Waals surface area (Å²) >= 11 is 0. The lowest BCUT2D eigenvalue weighted by Gasteiger charge is -2.09. The summed E-state index contributed by atoms with van der Waals surface area (Å²) in [5.74, 6) is 0.323. The molecule has 0 fully saturated rings. The topological polar surface area (TPSA) is 63.2 Å². The van der Waals surface area contributed by atoms with Gasteiger partial charge >= 0.3 is 0 Å². The lowest BCUT2D eigenvalue weighted by atomic mass is 10.0. The molecule has 24 heavy (non-hydrogen) atoms. The highest BCUT2D eigenvalue weighted by molar-refractivity contribution is 7.89. The standard InChI is InChI=1S/C19H23NO3S/c1-14(2)17-9-7-16(8-10-17)11-12-20-24(22,23)19-6-4-5-18(13-19)15(3)21/h4-10,13-14,20H,11-12H2,1-3H3. The molecule has 4 nitrogen and oxygen atoms in total. The molecule has 0 aliphatic rings. The van der Waals surface area contributed by atoms with Crippen LogP contribution in [0.25, 0.3) is 0 Å². The molecular weight excluding hydrogens is 322 g/mol. The second kappa shape index (κ2) is 7.73. The second-order valence-electron chi connectivity index (χ2n) is 6.13. The number of carbonyl (C=O) groups is 1. The van der Waals surface area contributed by atoms with Gasteiger partial charge in [-0.25, -0.2) is 13.1 Å². The average molecular weight is 345 g/mol. The molecule has 2 rings (SSSR count). The van der Waals surface area contributed by atoms with Gasteiger partial charge in [-0.3, -0.25) is 4.79 Å². The van der Waals surface area contributed by atoms with Gasteiger partial charge in [0.25, 0.3) is 0 Å². The van der Waals surface area contributed by atoms with Crippen LogP contribution in [0, 0.1) is 0 Å². The van der Waals surface area contributed by atoms with E-state index in [1.807, 2.05) is 12.1 Å². The van der Waals surface area contributed by atoms with Gasteiger partial charge in [0.05, 0.1) is 4.90 Å². The lowest BCUT2D eigenvalue weighted by Crippen LogP contribution is -2.26. The normalized spacial score (nSPS) is 11.7. The molecule has 0 spiro atoms. The van der Waals surface area contributed by atoms with Crippen molar-refractivity contribution in [2.45, 2.75) is 38.0 Å². The fourth-order valence-electron chi connectivity index (χ4n) is 2.36. The molecule has 0 atom stereocenters. The summed E-state index contributed by atoms with van der Waals surface area (Å²) in [5, 5.41) is 0. The Hall–Kier alpha value is -1.98. The number of carbonyl (C=O) groups excluding carboxylic acids is 1. The number of hydrogen-bond donors (Lipinski definition) is 1. The molecule has 0 bridgehead atoms. The molecule has 0 unspecified atom stereocenters. The Labute approximate surface area is 144 Å². The summed E-state index contributed by atoms with van der Waals surface area (Å²) in [6, 6.07) is 14.3. The van der Waals surface area contributed by atoms with E-state index in [0.29, 0.717) is 24.4 Å². The highest BCUT2D eigenvalue weighted by Crippen LogP contribution is 2.15. The smallest absolute Gasteiger partial charge is 0.240 e. The fourth-order valence-corrected chi connectivity index (χ4v) is 3.44. The summed E-state index contributed by atoms with van der Waals surface area (Å²) in [6.45, 7) is 6.00. The van der Waals surface area contributed by atoms with Crippen molar-refractivity contribution >= 4 is 15.8 Å². The van der Waals surface area contributed by atoms with Crippen LogP contribution in [0.2, 0.25) is 0 Å². The minimum atomic E-state index is -3.61. The minimum Gasteiger partial charge on any atom is -0.295 e. The third kappa shape index (κ3) is 4.76. The van der Waals surface area contributed by atoms with E-state index in [1.54, 1.807) is 12.1 Å². The largest absolute Gasteiger partial charge is 0.295 e. The third-order valence-electron chi connectivity index (χ3n) is 3.90. The summed E-state index contributed by atoms with van der Waals surface area (Å²) in [5.41, 5.74) is 2.74. The molecule has 0 amide bonds. The quantitative estimate of drug-likeness (QED) is 0.781. The third-order valence-corrected chi connectivity index (χ3v) is 5.36. The lowest BCUT2D eigenvalue weighted by molar-refractivity contribution is 0.101. The SMILES string of the molecule is CC(=O)c1cccc(S(=O)(=O)NCCc2ccc(C(C)C)cc2)c1. The molecule has 0 radical (unpaired) electrons. The number of ketones is 1. The van der Waals surface area contributed by atoms with E-state index in [4.69, 9.17) is 0 Å². The Bertz CT molecular complexity index is 809. The van der Waals surface area contributed by atoms with E-state index in [2.05, 4.69) is 30.7 Å². The van der Waals surface area contributed by atoms with Crippen LogP contribution in [-0.2, 0) is 16.4 Å². The van der Waals surface area contributed by atoms with Gasteiger partial charge < -0.3 is 0 Å². The summed E-state index contributed by atoms with van der Waals surface area (Å²) < 4.78 is 27.2. The van der Waals surface area contributed by atoms with Crippen LogP contribution in [0.4, 0.5) is 0 Å². The molecule has 128 valence electrons. The Morgan fingerprint density at radius 1 is 1.08 bits per heavy atom. The summed E-state index contributed by atoms with van der Waals surface area (Å²) in [6.07, 6.45) is 0.615. The van der Waals surface area contributed by atoms with Crippen LogP contribution in [-0.4, -0.2) is 20.7 Å². The highest BCUT2D eigenvalue weighted by Gasteiger charge is 2.14. The minimum absolute atomic E-state index is 0.116. The van der Waals surface area contributed by atoms with Gasteiger partial charge in [-0.05, 0) is 42.5 Å². The number of sulfonamides is 1. The molecule has 5 heteroatoms. The van der Waals surface area contributed by atoms with Crippen LogP contribution in [0.3, 0.4) is 0 Å². The monoisotopic (exact) mass is 345 g/mol. The van der Waals surface area contributed by atoms with Gasteiger partial charge in [-0.1, -0.05) is 50.2 Å². The zero-order chi connectivity index (χ0) is 17.7. The number of Topliss-reactive ketones (excluding diaryl/α,β-unsaturated/α-hetero) is 1. The van der Waals surface area contributed by atoms with Gasteiger partial charge in [-0.15, -0.1) is 0 Å². The van der Waals surface area contributed by atoms with E-state index in [1.165, 1.54) is 24.6 Å². The predicted molar refractivity (Wildman–Crippen MR) is 95.9 cm³/mol. The van der Waals surface area contributed by atoms with Crippen molar-refractivity contribution in [3.8, 4) is 0 Å². The van der Waals surface area contributed by atoms with Gasteiger partial charge in [-0.2, -0.15) is 0 Å². The Morgan fingerprint density at radius 2 is 1.75 bits per heavy atom. The average Bonchev–Trinajstić information content (AvgIpc) is 2.55. The van der Waals surface area contributed by atoms with E-state index >= 15 is 0 Å². The molecule has 0 saturated heterocycles. The number of nitrogens with one attached hydrogen (secondary N) is 1. The molecule has 0 aliphatic carbocycles. The maximum absolute atomic E-state index is 12.3. The maximum Gasteiger partial charge on any atom is 0.240 e. The first kappa shape index (κ1) is 18.4. The molecule has 2 aromatic carbocycles. The van der Waals surface area contributed by atoms with E-state index in [-0.39, 0.29) is 10.7 Å².